The van der Waals surface area contributed by atoms with Gasteiger partial charge in [-0.05, 0) is 55.7 Å². The molecule has 3 rings (SSSR count). The van der Waals surface area contributed by atoms with Crippen molar-refractivity contribution in [3.8, 4) is 0 Å². The Hall–Kier alpha value is -2.55. The highest BCUT2D eigenvalue weighted by atomic mass is 19.1. The van der Waals surface area contributed by atoms with Gasteiger partial charge in [-0.2, -0.15) is 0 Å². The van der Waals surface area contributed by atoms with E-state index < -0.39 is 23.7 Å². The van der Waals surface area contributed by atoms with E-state index in [4.69, 9.17) is 0 Å². The summed E-state index contributed by atoms with van der Waals surface area (Å²) in [4.78, 5) is 12.7. The van der Waals surface area contributed by atoms with Gasteiger partial charge in [-0.3, -0.25) is 4.79 Å². The number of rotatable bonds is 4. The van der Waals surface area contributed by atoms with Crippen molar-refractivity contribution < 1.29 is 13.6 Å². The maximum atomic E-state index is 14.0. The summed E-state index contributed by atoms with van der Waals surface area (Å²) in [5, 5.41) is 0. The molecule has 0 saturated carbocycles. The van der Waals surface area contributed by atoms with Gasteiger partial charge < -0.3 is 0 Å². The average Bonchev–Trinajstić information content (AvgIpc) is 2.56. The number of allylic oxidation sites excluding steroid dienone is 4. The highest BCUT2D eigenvalue weighted by Crippen LogP contribution is 2.29. The molecule has 0 aromatic heterocycles. The molecular formula is C22H20F2O. The maximum absolute atomic E-state index is 14.0. The molecule has 0 heterocycles. The lowest BCUT2D eigenvalue weighted by molar-refractivity contribution is 0.0877. The third-order valence-electron chi connectivity index (χ3n) is 4.40. The van der Waals surface area contributed by atoms with E-state index in [1.807, 2.05) is 44.2 Å². The van der Waals surface area contributed by atoms with Crippen molar-refractivity contribution in [1.29, 1.82) is 0 Å². The molecule has 2 unspecified atom stereocenters. The monoisotopic (exact) mass is 338 g/mol. The number of alkyl halides is 1. The molecule has 1 aliphatic carbocycles. The Balaban J connectivity index is 1.88. The lowest BCUT2D eigenvalue weighted by Gasteiger charge is -2.19. The van der Waals surface area contributed by atoms with Gasteiger partial charge in [0, 0.05) is 5.56 Å². The van der Waals surface area contributed by atoms with Gasteiger partial charge in [-0.15, -0.1) is 0 Å². The maximum Gasteiger partial charge on any atom is 0.175 e. The van der Waals surface area contributed by atoms with Gasteiger partial charge in [-0.1, -0.05) is 47.5 Å². The van der Waals surface area contributed by atoms with E-state index in [0.29, 0.717) is 12.0 Å². The number of benzene rings is 2. The molecule has 25 heavy (non-hydrogen) atoms. The molecule has 0 radical (unpaired) electrons. The van der Waals surface area contributed by atoms with E-state index in [0.717, 1.165) is 22.8 Å². The first-order valence-electron chi connectivity index (χ1n) is 8.32. The zero-order valence-electron chi connectivity index (χ0n) is 14.3. The van der Waals surface area contributed by atoms with Crippen LogP contribution in [-0.2, 0) is 6.42 Å². The fourth-order valence-electron chi connectivity index (χ4n) is 3.12. The predicted octanol–water partition coefficient (Wildman–Crippen LogP) is 5.45. The van der Waals surface area contributed by atoms with Crippen molar-refractivity contribution in [2.24, 2.45) is 5.92 Å². The quantitative estimate of drug-likeness (QED) is 0.677. The molecule has 0 amide bonds. The molecule has 0 bridgehead atoms. The molecule has 0 aliphatic heterocycles. The lowest BCUT2D eigenvalue weighted by atomic mass is 9.87. The zero-order chi connectivity index (χ0) is 18.0. The number of carbonyl (C=O) groups excluding carboxylic acids is 1. The Labute approximate surface area is 146 Å². The first-order valence-corrected chi connectivity index (χ1v) is 8.32. The number of hydrogen-bond donors (Lipinski definition) is 0. The Morgan fingerprint density at radius 2 is 1.72 bits per heavy atom. The van der Waals surface area contributed by atoms with Crippen molar-refractivity contribution in [3.63, 3.8) is 0 Å². The van der Waals surface area contributed by atoms with Gasteiger partial charge in [-0.25, -0.2) is 8.78 Å². The second-order valence-corrected chi connectivity index (χ2v) is 6.59. The van der Waals surface area contributed by atoms with E-state index in [2.05, 4.69) is 0 Å². The number of hydrogen-bond acceptors (Lipinski definition) is 1. The number of aryl methyl sites for hydroxylation is 2. The lowest BCUT2D eigenvalue weighted by Crippen LogP contribution is -2.26. The summed E-state index contributed by atoms with van der Waals surface area (Å²) in [7, 11) is 0. The van der Waals surface area contributed by atoms with Crippen LogP contribution in [0.4, 0.5) is 8.78 Å². The van der Waals surface area contributed by atoms with Crippen LogP contribution in [0.5, 0.6) is 0 Å². The minimum Gasteiger partial charge on any atom is -0.293 e. The highest BCUT2D eigenvalue weighted by Gasteiger charge is 2.33. The Kier molecular flexibility index (Phi) is 4.93. The number of carbonyl (C=O) groups is 1. The molecule has 1 nitrogen and oxygen atoms in total. The van der Waals surface area contributed by atoms with Gasteiger partial charge in [0.05, 0.1) is 0 Å². The average molecular weight is 338 g/mol. The molecule has 0 fully saturated rings. The summed E-state index contributed by atoms with van der Waals surface area (Å²) >= 11 is 0. The molecule has 2 atom stereocenters. The van der Waals surface area contributed by atoms with Crippen LogP contribution in [0.1, 0.15) is 32.6 Å². The summed E-state index contributed by atoms with van der Waals surface area (Å²) in [5.74, 6) is -2.61. The van der Waals surface area contributed by atoms with E-state index in [9.17, 15) is 13.6 Å². The second-order valence-electron chi connectivity index (χ2n) is 6.59. The molecule has 2 aromatic rings. The third-order valence-corrected chi connectivity index (χ3v) is 4.40. The van der Waals surface area contributed by atoms with Crippen LogP contribution in [0.2, 0.25) is 0 Å². The summed E-state index contributed by atoms with van der Waals surface area (Å²) in [6, 6.07) is 13.6. The van der Waals surface area contributed by atoms with Gasteiger partial charge in [0.25, 0.3) is 0 Å². The molecule has 2 aromatic carbocycles. The van der Waals surface area contributed by atoms with Crippen LogP contribution < -0.4 is 0 Å². The number of halogens is 2. The van der Waals surface area contributed by atoms with Crippen molar-refractivity contribution in [2.75, 3.05) is 0 Å². The van der Waals surface area contributed by atoms with Gasteiger partial charge in [0.1, 0.15) is 17.9 Å². The molecule has 0 spiro atoms. The van der Waals surface area contributed by atoms with Crippen LogP contribution in [0.3, 0.4) is 0 Å². The smallest absolute Gasteiger partial charge is 0.175 e. The largest absolute Gasteiger partial charge is 0.293 e. The van der Waals surface area contributed by atoms with Crippen molar-refractivity contribution >= 4 is 5.78 Å². The minimum absolute atomic E-state index is 0.355. The fraction of sp³-hybridized carbons (Fsp3) is 0.227. The van der Waals surface area contributed by atoms with Gasteiger partial charge in [0.2, 0.25) is 0 Å². The second kappa shape index (κ2) is 7.14. The summed E-state index contributed by atoms with van der Waals surface area (Å²) in [6.45, 7) is 3.91. The summed E-state index contributed by atoms with van der Waals surface area (Å²) in [5.41, 5.74) is 4.53. The highest BCUT2D eigenvalue weighted by molar-refractivity contribution is 6.00. The first kappa shape index (κ1) is 17.3. The van der Waals surface area contributed by atoms with E-state index in [1.54, 1.807) is 12.1 Å². The Morgan fingerprint density at radius 3 is 2.40 bits per heavy atom. The summed E-state index contributed by atoms with van der Waals surface area (Å²) in [6.07, 6.45) is 2.72. The SMILES string of the molecule is Cc1ccc(Cc2cc(C)cc(C(=O)C3C(F)=CC=CC3F)c2)cc1. The van der Waals surface area contributed by atoms with Crippen molar-refractivity contribution in [1.82, 2.24) is 0 Å². The predicted molar refractivity (Wildman–Crippen MR) is 96.2 cm³/mol. The van der Waals surface area contributed by atoms with E-state index >= 15 is 0 Å². The molecule has 0 N–H and O–H groups in total. The third kappa shape index (κ3) is 3.93. The van der Waals surface area contributed by atoms with Crippen molar-refractivity contribution in [3.05, 3.63) is 94.3 Å². The van der Waals surface area contributed by atoms with Crippen LogP contribution in [0.15, 0.2) is 66.5 Å². The zero-order valence-corrected chi connectivity index (χ0v) is 14.3. The molecule has 128 valence electrons. The minimum atomic E-state index is -1.63. The summed E-state index contributed by atoms with van der Waals surface area (Å²) < 4.78 is 28.0. The molecular weight excluding hydrogens is 318 g/mol. The van der Waals surface area contributed by atoms with Crippen LogP contribution in [-0.4, -0.2) is 12.0 Å². The fourth-order valence-corrected chi connectivity index (χ4v) is 3.12. The Bertz CT molecular complexity index is 847. The van der Waals surface area contributed by atoms with E-state index in [-0.39, 0.29) is 0 Å². The number of Topliss-reactive ketones (excluding diaryl/α,β-unsaturated/α-hetero) is 1. The molecule has 1 aliphatic rings. The van der Waals surface area contributed by atoms with Gasteiger partial charge in [0.15, 0.2) is 5.78 Å². The van der Waals surface area contributed by atoms with Crippen LogP contribution in [0.25, 0.3) is 0 Å². The normalized spacial score (nSPS) is 19.6. The van der Waals surface area contributed by atoms with Gasteiger partial charge >= 0.3 is 0 Å². The first-order chi connectivity index (χ1) is 11.9. The van der Waals surface area contributed by atoms with Crippen LogP contribution in [0, 0.1) is 19.8 Å². The molecule has 0 saturated heterocycles. The molecule has 3 heteroatoms. The van der Waals surface area contributed by atoms with Crippen molar-refractivity contribution in [2.45, 2.75) is 26.4 Å². The Morgan fingerprint density at radius 1 is 1.00 bits per heavy atom. The standard InChI is InChI=1S/C22H20F2O/c1-14-6-8-16(9-7-14)12-17-10-15(2)11-18(13-17)22(25)21-19(23)4-3-5-20(21)24/h3-11,13,19,21H,12H2,1-2H3. The van der Waals surface area contributed by atoms with E-state index in [1.165, 1.54) is 17.7 Å². The number of ketones is 1. The van der Waals surface area contributed by atoms with Crippen LogP contribution >= 0.6 is 0 Å². The topological polar surface area (TPSA) is 17.1 Å².